The molecule has 2 aromatic rings. The Hall–Kier alpha value is -1.29. The molecule has 5 N–H and O–H groups in total. The van der Waals surface area contributed by atoms with Gasteiger partial charge in [0.25, 0.3) is 0 Å². The van der Waals surface area contributed by atoms with E-state index >= 15 is 0 Å². The molecule has 0 unspecified atom stereocenters. The van der Waals surface area contributed by atoms with Crippen molar-refractivity contribution in [2.75, 3.05) is 0 Å². The zero-order valence-electron chi connectivity index (χ0n) is 10.7. The Balaban J connectivity index is 1.90. The van der Waals surface area contributed by atoms with Crippen LogP contribution in [0.4, 0.5) is 0 Å². The van der Waals surface area contributed by atoms with Crippen LogP contribution in [0.1, 0.15) is 0 Å². The Morgan fingerprint density at radius 1 is 1.05 bits per heavy atom. The average molecular weight is 313 g/mol. The van der Waals surface area contributed by atoms with Crippen LogP contribution >= 0.6 is 12.6 Å². The first kappa shape index (κ1) is 14.6. The second-order valence-electron chi connectivity index (χ2n) is 4.83. The minimum atomic E-state index is -1.65. The van der Waals surface area contributed by atoms with E-state index in [4.69, 9.17) is 9.47 Å². The number of nitrogens with one attached hydrogen (secondary N) is 1. The van der Waals surface area contributed by atoms with Gasteiger partial charge in [0.2, 0.25) is 6.29 Å². The normalized spacial score (nSPS) is 33.3. The highest BCUT2D eigenvalue weighted by molar-refractivity contribution is 7.80. The van der Waals surface area contributed by atoms with Crippen molar-refractivity contribution in [2.24, 2.45) is 0 Å². The Bertz CT molecular complexity index is 647. The molecule has 7 nitrogen and oxygen atoms in total. The summed E-state index contributed by atoms with van der Waals surface area (Å²) in [5, 5.41) is 39.6. The van der Waals surface area contributed by atoms with Crippen LogP contribution in [0.5, 0.6) is 5.75 Å². The fraction of sp³-hybridized carbons (Fsp3) is 0.385. The standard InChI is InChI=1S/C13H15NO6S/c15-7-8(16)12(18)20-13(9(7)17)19-10-5-3-1-2-4-6(5)14-11(10)21/h1-4,7-9,12-18,21H/t7-,8-,9+,12-,13+/m0/s1. The summed E-state index contributed by atoms with van der Waals surface area (Å²) in [6.45, 7) is 0. The van der Waals surface area contributed by atoms with Crippen molar-refractivity contribution >= 4 is 23.5 Å². The maximum atomic E-state index is 9.88. The van der Waals surface area contributed by atoms with Crippen LogP contribution in [0.25, 0.3) is 10.9 Å². The Morgan fingerprint density at radius 3 is 2.52 bits per heavy atom. The third-order valence-corrected chi connectivity index (χ3v) is 3.73. The second kappa shape index (κ2) is 5.48. The van der Waals surface area contributed by atoms with E-state index in [2.05, 4.69) is 17.6 Å². The molecule has 8 heteroatoms. The second-order valence-corrected chi connectivity index (χ2v) is 5.28. The number of thiol groups is 1. The topological polar surface area (TPSA) is 115 Å². The van der Waals surface area contributed by atoms with Crippen molar-refractivity contribution < 1.29 is 29.9 Å². The smallest absolute Gasteiger partial charge is 0.231 e. The number of aliphatic hydroxyl groups excluding tert-OH is 4. The number of aromatic amines is 1. The molecule has 0 saturated carbocycles. The number of para-hydroxylation sites is 1. The van der Waals surface area contributed by atoms with E-state index in [-0.39, 0.29) is 0 Å². The highest BCUT2D eigenvalue weighted by atomic mass is 32.1. The van der Waals surface area contributed by atoms with Crippen molar-refractivity contribution in [3.05, 3.63) is 24.3 Å². The quantitative estimate of drug-likeness (QED) is 0.420. The molecule has 1 aliphatic rings. The number of benzene rings is 1. The molecule has 1 aromatic heterocycles. The first-order valence-corrected chi connectivity index (χ1v) is 6.78. The number of ether oxygens (including phenoxy) is 2. The predicted octanol–water partition coefficient (Wildman–Crippen LogP) is -0.407. The molecule has 0 bridgehead atoms. The number of aliphatic hydroxyl groups is 4. The van der Waals surface area contributed by atoms with E-state index in [9.17, 15) is 20.4 Å². The lowest BCUT2D eigenvalue weighted by molar-refractivity contribution is -0.321. The molecule has 1 fully saturated rings. The predicted molar refractivity (Wildman–Crippen MR) is 75.1 cm³/mol. The number of hydrogen-bond donors (Lipinski definition) is 6. The molecule has 21 heavy (non-hydrogen) atoms. The molecule has 0 spiro atoms. The van der Waals surface area contributed by atoms with Gasteiger partial charge in [-0.2, -0.15) is 0 Å². The number of hydrogen-bond acceptors (Lipinski definition) is 7. The van der Waals surface area contributed by atoms with E-state index in [0.717, 1.165) is 5.52 Å². The number of H-pyrrole nitrogens is 1. The SMILES string of the molecule is O[C@@H]1[C@@H](O)[C@H](Oc2c(S)[nH]c3ccccc23)O[C@H](O)[C@H]1O. The molecule has 1 saturated heterocycles. The molecule has 114 valence electrons. The fourth-order valence-corrected chi connectivity index (χ4v) is 2.56. The van der Waals surface area contributed by atoms with Crippen molar-refractivity contribution in [2.45, 2.75) is 35.9 Å². The van der Waals surface area contributed by atoms with E-state index < -0.39 is 30.9 Å². The molecule has 0 aliphatic carbocycles. The van der Waals surface area contributed by atoms with E-state index in [1.807, 2.05) is 18.2 Å². The van der Waals surface area contributed by atoms with Gasteiger partial charge in [0.05, 0.1) is 5.52 Å². The molecule has 5 atom stereocenters. The zero-order chi connectivity index (χ0) is 15.1. The summed E-state index contributed by atoms with van der Waals surface area (Å²) in [6, 6.07) is 7.26. The first-order valence-electron chi connectivity index (χ1n) is 6.33. The lowest BCUT2D eigenvalue weighted by Gasteiger charge is -2.37. The van der Waals surface area contributed by atoms with Crippen LogP contribution in [0, 0.1) is 0 Å². The van der Waals surface area contributed by atoms with Gasteiger partial charge in [-0.05, 0) is 12.1 Å². The summed E-state index contributed by atoms with van der Waals surface area (Å²) in [7, 11) is 0. The van der Waals surface area contributed by atoms with Crippen molar-refractivity contribution in [3.8, 4) is 5.75 Å². The first-order chi connectivity index (χ1) is 9.99. The summed E-state index contributed by atoms with van der Waals surface area (Å²) in [4.78, 5) is 2.99. The van der Waals surface area contributed by atoms with Crippen LogP contribution in [-0.4, -0.2) is 56.3 Å². The summed E-state index contributed by atoms with van der Waals surface area (Å²) < 4.78 is 10.5. The van der Waals surface area contributed by atoms with Crippen LogP contribution in [-0.2, 0) is 4.74 Å². The number of fused-ring (bicyclic) bond motifs is 1. The third kappa shape index (κ3) is 2.50. The molecule has 0 amide bonds. The lowest BCUT2D eigenvalue weighted by atomic mass is 10.0. The van der Waals surface area contributed by atoms with Gasteiger partial charge < -0.3 is 34.9 Å². The van der Waals surface area contributed by atoms with Crippen LogP contribution in [0.3, 0.4) is 0 Å². The maximum absolute atomic E-state index is 9.88. The molecule has 2 heterocycles. The Morgan fingerprint density at radius 2 is 1.76 bits per heavy atom. The van der Waals surface area contributed by atoms with Gasteiger partial charge in [-0.25, -0.2) is 0 Å². The summed E-state index contributed by atoms with van der Waals surface area (Å²) in [5.41, 5.74) is 0.781. The summed E-state index contributed by atoms with van der Waals surface area (Å²) in [6.07, 6.45) is -7.67. The van der Waals surface area contributed by atoms with Gasteiger partial charge in [-0.15, -0.1) is 12.6 Å². The molecule has 3 rings (SSSR count). The van der Waals surface area contributed by atoms with Crippen LogP contribution < -0.4 is 4.74 Å². The maximum Gasteiger partial charge on any atom is 0.231 e. The molecule has 0 radical (unpaired) electrons. The fourth-order valence-electron chi connectivity index (χ4n) is 2.27. The highest BCUT2D eigenvalue weighted by Crippen LogP contribution is 2.34. The van der Waals surface area contributed by atoms with E-state index in [1.165, 1.54) is 0 Å². The van der Waals surface area contributed by atoms with Gasteiger partial charge in [-0.1, -0.05) is 12.1 Å². The van der Waals surface area contributed by atoms with Crippen LogP contribution in [0.15, 0.2) is 29.3 Å². The minimum absolute atomic E-state index is 0.328. The molecule has 1 aliphatic heterocycles. The summed E-state index contributed by atoms with van der Waals surface area (Å²) in [5.74, 6) is 0.328. The van der Waals surface area contributed by atoms with Crippen LogP contribution in [0.2, 0.25) is 0 Å². The van der Waals surface area contributed by atoms with Crippen molar-refractivity contribution in [1.29, 1.82) is 0 Å². The number of aromatic nitrogens is 1. The zero-order valence-corrected chi connectivity index (χ0v) is 11.6. The average Bonchev–Trinajstić information content (AvgIpc) is 2.78. The van der Waals surface area contributed by atoms with Gasteiger partial charge in [-0.3, -0.25) is 0 Å². The van der Waals surface area contributed by atoms with Crippen molar-refractivity contribution in [3.63, 3.8) is 0 Å². The lowest BCUT2D eigenvalue weighted by Crippen LogP contribution is -2.59. The summed E-state index contributed by atoms with van der Waals surface area (Å²) >= 11 is 4.26. The molecule has 1 aromatic carbocycles. The molecular weight excluding hydrogens is 298 g/mol. The van der Waals surface area contributed by atoms with Crippen molar-refractivity contribution in [1.82, 2.24) is 4.98 Å². The van der Waals surface area contributed by atoms with Gasteiger partial charge in [0.15, 0.2) is 12.0 Å². The molecular formula is C13H15NO6S. The largest absolute Gasteiger partial charge is 0.458 e. The Kier molecular flexibility index (Phi) is 3.82. The highest BCUT2D eigenvalue weighted by Gasteiger charge is 2.44. The monoisotopic (exact) mass is 313 g/mol. The third-order valence-electron chi connectivity index (χ3n) is 3.42. The van der Waals surface area contributed by atoms with E-state index in [1.54, 1.807) is 6.07 Å². The van der Waals surface area contributed by atoms with Gasteiger partial charge in [0, 0.05) is 5.39 Å². The Labute approximate surface area is 125 Å². The van der Waals surface area contributed by atoms with Gasteiger partial charge in [0.1, 0.15) is 23.3 Å². The van der Waals surface area contributed by atoms with E-state index in [0.29, 0.717) is 16.2 Å². The number of rotatable bonds is 2. The minimum Gasteiger partial charge on any atom is -0.458 e. The van der Waals surface area contributed by atoms with Gasteiger partial charge >= 0.3 is 0 Å².